The minimum Gasteiger partial charge on any atom is -0.349 e. The van der Waals surface area contributed by atoms with Crippen LogP contribution in [-0.4, -0.2) is 46.7 Å². The van der Waals surface area contributed by atoms with Crippen molar-refractivity contribution in [3.8, 4) is 0 Å². The van der Waals surface area contributed by atoms with E-state index < -0.39 is 12.7 Å². The molecule has 0 bridgehead atoms. The molecule has 1 N–H and O–H groups in total. The Balaban J connectivity index is 1.73. The van der Waals surface area contributed by atoms with Crippen molar-refractivity contribution in [1.82, 2.24) is 14.9 Å². The van der Waals surface area contributed by atoms with Crippen molar-refractivity contribution in [2.75, 3.05) is 25.0 Å². The van der Waals surface area contributed by atoms with E-state index in [9.17, 15) is 13.2 Å². The molecule has 0 saturated carbocycles. The monoisotopic (exact) mass is 232 g/mol. The Morgan fingerprint density at radius 1 is 1.31 bits per heavy atom. The minimum atomic E-state index is -4.12. The number of aromatic nitrogens is 2. The Kier molecular flexibility index (Phi) is 2.95. The summed E-state index contributed by atoms with van der Waals surface area (Å²) in [6.07, 6.45) is -0.947. The first-order chi connectivity index (χ1) is 7.53. The van der Waals surface area contributed by atoms with Crippen molar-refractivity contribution >= 4 is 5.95 Å². The van der Waals surface area contributed by atoms with Crippen LogP contribution in [0.3, 0.4) is 0 Å². The van der Waals surface area contributed by atoms with Crippen LogP contribution in [0.5, 0.6) is 0 Å². The van der Waals surface area contributed by atoms with Crippen LogP contribution in [0.2, 0.25) is 0 Å². The molecule has 0 aromatic carbocycles. The second kappa shape index (κ2) is 4.25. The third-order valence-corrected chi connectivity index (χ3v) is 2.26. The minimum absolute atomic E-state index is 0.00440. The Labute approximate surface area is 90.5 Å². The fourth-order valence-corrected chi connectivity index (χ4v) is 1.60. The molecule has 0 spiro atoms. The van der Waals surface area contributed by atoms with Crippen LogP contribution in [0.1, 0.15) is 0 Å². The van der Waals surface area contributed by atoms with Crippen molar-refractivity contribution in [2.45, 2.75) is 12.2 Å². The maximum Gasteiger partial charge on any atom is 0.401 e. The summed E-state index contributed by atoms with van der Waals surface area (Å²) in [6, 6.07) is 1.69. The molecule has 0 unspecified atom stereocenters. The molecule has 1 aliphatic rings. The molecule has 0 radical (unpaired) electrons. The number of hydrogen-bond acceptors (Lipinski definition) is 4. The van der Waals surface area contributed by atoms with Crippen LogP contribution in [-0.2, 0) is 0 Å². The highest BCUT2D eigenvalue weighted by molar-refractivity contribution is 5.26. The van der Waals surface area contributed by atoms with Crippen molar-refractivity contribution in [1.29, 1.82) is 0 Å². The Hall–Kier alpha value is -1.37. The van der Waals surface area contributed by atoms with E-state index in [0.717, 1.165) is 0 Å². The highest BCUT2D eigenvalue weighted by Crippen LogP contribution is 2.21. The van der Waals surface area contributed by atoms with Crippen LogP contribution in [0.4, 0.5) is 19.1 Å². The summed E-state index contributed by atoms with van der Waals surface area (Å²) in [5.41, 5.74) is 0. The standard InChI is InChI=1S/C9H11F3N4/c10-9(11,12)6-16-4-7(5-16)15-8-13-2-1-3-14-8/h1-3,7H,4-6H2,(H,13,14,15). The van der Waals surface area contributed by atoms with Crippen LogP contribution >= 0.6 is 0 Å². The van der Waals surface area contributed by atoms with E-state index in [0.29, 0.717) is 19.0 Å². The molecule has 2 heterocycles. The zero-order valence-corrected chi connectivity index (χ0v) is 8.41. The van der Waals surface area contributed by atoms with Gasteiger partial charge in [0.2, 0.25) is 5.95 Å². The molecule has 1 aliphatic heterocycles. The quantitative estimate of drug-likeness (QED) is 0.848. The molecule has 0 amide bonds. The number of likely N-dealkylation sites (tertiary alicyclic amines) is 1. The Morgan fingerprint density at radius 3 is 2.50 bits per heavy atom. The second-order valence-corrected chi connectivity index (χ2v) is 3.72. The Morgan fingerprint density at radius 2 is 1.94 bits per heavy atom. The molecule has 1 fully saturated rings. The number of hydrogen-bond donors (Lipinski definition) is 1. The van der Waals surface area contributed by atoms with Gasteiger partial charge in [0.1, 0.15) is 0 Å². The normalized spacial score (nSPS) is 18.2. The summed E-state index contributed by atoms with van der Waals surface area (Å²) in [5, 5.41) is 2.96. The van der Waals surface area contributed by atoms with Crippen LogP contribution in [0.25, 0.3) is 0 Å². The number of nitrogens with zero attached hydrogens (tertiary/aromatic N) is 3. The van der Waals surface area contributed by atoms with Gasteiger partial charge in [-0.05, 0) is 6.07 Å². The smallest absolute Gasteiger partial charge is 0.349 e. The van der Waals surface area contributed by atoms with Gasteiger partial charge in [-0.2, -0.15) is 13.2 Å². The van der Waals surface area contributed by atoms with Gasteiger partial charge in [0.05, 0.1) is 12.6 Å². The lowest BCUT2D eigenvalue weighted by Crippen LogP contribution is -2.57. The number of halogens is 3. The largest absolute Gasteiger partial charge is 0.401 e. The number of anilines is 1. The number of rotatable bonds is 3. The summed E-state index contributed by atoms with van der Waals surface area (Å²) in [4.78, 5) is 9.21. The zero-order valence-electron chi connectivity index (χ0n) is 8.41. The van der Waals surface area contributed by atoms with Gasteiger partial charge in [-0.25, -0.2) is 9.97 Å². The Bertz CT molecular complexity index is 334. The molecule has 16 heavy (non-hydrogen) atoms. The molecule has 0 atom stereocenters. The summed E-state index contributed by atoms with van der Waals surface area (Å²) in [5.74, 6) is 0.458. The van der Waals surface area contributed by atoms with Crippen LogP contribution < -0.4 is 5.32 Å². The van der Waals surface area contributed by atoms with E-state index in [1.165, 1.54) is 4.90 Å². The molecular formula is C9H11F3N4. The van der Waals surface area contributed by atoms with Crippen molar-refractivity contribution in [3.05, 3.63) is 18.5 Å². The third kappa shape index (κ3) is 3.06. The van der Waals surface area contributed by atoms with Gasteiger partial charge in [0.15, 0.2) is 0 Å². The predicted molar refractivity (Wildman–Crippen MR) is 51.9 cm³/mol. The van der Waals surface area contributed by atoms with Gasteiger partial charge in [-0.1, -0.05) is 0 Å². The molecule has 7 heteroatoms. The second-order valence-electron chi connectivity index (χ2n) is 3.72. The SMILES string of the molecule is FC(F)(F)CN1CC(Nc2ncccn2)C1. The third-order valence-electron chi connectivity index (χ3n) is 2.26. The van der Waals surface area contributed by atoms with Gasteiger partial charge in [-0.3, -0.25) is 4.90 Å². The van der Waals surface area contributed by atoms with E-state index in [1.54, 1.807) is 18.5 Å². The average molecular weight is 232 g/mol. The van der Waals surface area contributed by atoms with Gasteiger partial charge in [0, 0.05) is 25.5 Å². The average Bonchev–Trinajstić information content (AvgIpc) is 2.14. The van der Waals surface area contributed by atoms with Gasteiger partial charge in [0.25, 0.3) is 0 Å². The lowest BCUT2D eigenvalue weighted by molar-refractivity contribution is -0.153. The molecule has 1 aromatic heterocycles. The molecule has 4 nitrogen and oxygen atoms in total. The molecule has 1 aromatic rings. The fourth-order valence-electron chi connectivity index (χ4n) is 1.60. The van der Waals surface area contributed by atoms with E-state index >= 15 is 0 Å². The molecule has 88 valence electrons. The van der Waals surface area contributed by atoms with Crippen molar-refractivity contribution in [2.24, 2.45) is 0 Å². The van der Waals surface area contributed by atoms with Gasteiger partial charge in [-0.15, -0.1) is 0 Å². The highest BCUT2D eigenvalue weighted by Gasteiger charge is 2.37. The summed E-state index contributed by atoms with van der Waals surface area (Å²) in [6.45, 7) is -0.101. The lowest BCUT2D eigenvalue weighted by atomic mass is 10.1. The molecule has 1 saturated heterocycles. The first-order valence-corrected chi connectivity index (χ1v) is 4.85. The summed E-state index contributed by atoms with van der Waals surface area (Å²) < 4.78 is 36.0. The van der Waals surface area contributed by atoms with Crippen LogP contribution in [0.15, 0.2) is 18.5 Å². The fraction of sp³-hybridized carbons (Fsp3) is 0.556. The van der Waals surface area contributed by atoms with Crippen molar-refractivity contribution in [3.63, 3.8) is 0 Å². The van der Waals surface area contributed by atoms with E-state index in [2.05, 4.69) is 15.3 Å². The van der Waals surface area contributed by atoms with Crippen molar-refractivity contribution < 1.29 is 13.2 Å². The summed E-state index contributed by atoms with van der Waals surface area (Å²) >= 11 is 0. The predicted octanol–water partition coefficient (Wildman–Crippen LogP) is 1.13. The van der Waals surface area contributed by atoms with E-state index in [1.807, 2.05) is 0 Å². The topological polar surface area (TPSA) is 41.0 Å². The molecule has 2 rings (SSSR count). The number of alkyl halides is 3. The lowest BCUT2D eigenvalue weighted by Gasteiger charge is -2.39. The number of nitrogens with one attached hydrogen (secondary N) is 1. The first kappa shape index (κ1) is 11.1. The van der Waals surface area contributed by atoms with E-state index in [4.69, 9.17) is 0 Å². The molecular weight excluding hydrogens is 221 g/mol. The van der Waals surface area contributed by atoms with Gasteiger partial charge < -0.3 is 5.32 Å². The first-order valence-electron chi connectivity index (χ1n) is 4.85. The van der Waals surface area contributed by atoms with E-state index in [-0.39, 0.29) is 6.04 Å². The zero-order chi connectivity index (χ0) is 11.6. The maximum absolute atomic E-state index is 12.0. The maximum atomic E-state index is 12.0. The van der Waals surface area contributed by atoms with Gasteiger partial charge >= 0.3 is 6.18 Å². The highest BCUT2D eigenvalue weighted by atomic mass is 19.4. The van der Waals surface area contributed by atoms with Crippen LogP contribution in [0, 0.1) is 0 Å². The molecule has 0 aliphatic carbocycles. The summed E-state index contributed by atoms with van der Waals surface area (Å²) in [7, 11) is 0.